The first kappa shape index (κ1) is 10.5. The third kappa shape index (κ3) is 1.73. The monoisotopic (exact) mass is 238 g/mol. The summed E-state index contributed by atoms with van der Waals surface area (Å²) >= 11 is 0. The van der Waals surface area contributed by atoms with Gasteiger partial charge in [0.25, 0.3) is 0 Å². The predicted molar refractivity (Wildman–Crippen MR) is 68.0 cm³/mol. The molecule has 3 aromatic rings. The number of benzene rings is 2. The largest absolute Gasteiger partial charge is 0.478 e. The van der Waals surface area contributed by atoms with Crippen LogP contribution < -0.4 is 0 Å². The molecule has 4 heteroatoms. The zero-order chi connectivity index (χ0) is 12.5. The van der Waals surface area contributed by atoms with E-state index >= 15 is 0 Å². The molecule has 2 aromatic carbocycles. The number of carboxylic acid groups (broad SMARTS) is 1. The SMILES string of the molecule is O=C(O)c1ccc2cc(-n3cccn3)ccc2c1. The number of aromatic nitrogens is 2. The predicted octanol–water partition coefficient (Wildman–Crippen LogP) is 2.72. The molecule has 0 unspecified atom stereocenters. The molecule has 0 fully saturated rings. The Kier molecular flexibility index (Phi) is 2.34. The van der Waals surface area contributed by atoms with Gasteiger partial charge in [-0.05, 0) is 41.1 Å². The first-order valence-corrected chi connectivity index (χ1v) is 5.51. The molecule has 0 radical (unpaired) electrons. The molecule has 0 amide bonds. The van der Waals surface area contributed by atoms with E-state index in [0.29, 0.717) is 5.56 Å². The van der Waals surface area contributed by atoms with Crippen LogP contribution in [0.15, 0.2) is 54.9 Å². The lowest BCUT2D eigenvalue weighted by Gasteiger charge is -2.04. The summed E-state index contributed by atoms with van der Waals surface area (Å²) in [6.45, 7) is 0. The van der Waals surface area contributed by atoms with Crippen molar-refractivity contribution in [2.45, 2.75) is 0 Å². The molecule has 0 saturated carbocycles. The van der Waals surface area contributed by atoms with E-state index in [2.05, 4.69) is 5.10 Å². The summed E-state index contributed by atoms with van der Waals surface area (Å²) in [6.07, 6.45) is 3.59. The van der Waals surface area contributed by atoms with Gasteiger partial charge in [0.2, 0.25) is 0 Å². The molecule has 88 valence electrons. The van der Waals surface area contributed by atoms with Crippen LogP contribution in [0.25, 0.3) is 16.5 Å². The molecule has 18 heavy (non-hydrogen) atoms. The van der Waals surface area contributed by atoms with Gasteiger partial charge in [0, 0.05) is 12.4 Å². The van der Waals surface area contributed by atoms with Crippen LogP contribution in [0, 0.1) is 0 Å². The number of hydrogen-bond donors (Lipinski definition) is 1. The maximum Gasteiger partial charge on any atom is 0.335 e. The number of hydrogen-bond acceptors (Lipinski definition) is 2. The molecular formula is C14H10N2O2. The van der Waals surface area contributed by atoms with E-state index < -0.39 is 5.97 Å². The van der Waals surface area contributed by atoms with Gasteiger partial charge in [0.1, 0.15) is 0 Å². The van der Waals surface area contributed by atoms with E-state index in [1.54, 1.807) is 23.0 Å². The second-order valence-corrected chi connectivity index (χ2v) is 4.00. The highest BCUT2D eigenvalue weighted by atomic mass is 16.4. The first-order valence-electron chi connectivity index (χ1n) is 5.51. The van der Waals surface area contributed by atoms with Crippen molar-refractivity contribution in [2.24, 2.45) is 0 Å². The number of fused-ring (bicyclic) bond motifs is 1. The number of rotatable bonds is 2. The summed E-state index contributed by atoms with van der Waals surface area (Å²) in [5, 5.41) is 15.0. The Morgan fingerprint density at radius 1 is 1.11 bits per heavy atom. The maximum atomic E-state index is 10.9. The Labute approximate surface area is 103 Å². The van der Waals surface area contributed by atoms with Crippen LogP contribution in [0.4, 0.5) is 0 Å². The Morgan fingerprint density at radius 2 is 1.89 bits per heavy atom. The van der Waals surface area contributed by atoms with Gasteiger partial charge in [-0.1, -0.05) is 12.1 Å². The van der Waals surface area contributed by atoms with Crippen molar-refractivity contribution in [1.29, 1.82) is 0 Å². The van der Waals surface area contributed by atoms with Crippen molar-refractivity contribution >= 4 is 16.7 Å². The highest BCUT2D eigenvalue weighted by molar-refractivity contribution is 5.94. The number of carbonyl (C=O) groups is 1. The molecule has 0 saturated heterocycles. The van der Waals surface area contributed by atoms with E-state index in [9.17, 15) is 4.79 Å². The van der Waals surface area contributed by atoms with Crippen LogP contribution in [-0.2, 0) is 0 Å². The molecule has 0 aliphatic heterocycles. The summed E-state index contributed by atoms with van der Waals surface area (Å²) in [4.78, 5) is 10.9. The average Bonchev–Trinajstić information content (AvgIpc) is 2.91. The van der Waals surface area contributed by atoms with Gasteiger partial charge in [-0.25, -0.2) is 9.48 Å². The summed E-state index contributed by atoms with van der Waals surface area (Å²) in [5.41, 5.74) is 1.25. The van der Waals surface area contributed by atoms with Crippen molar-refractivity contribution in [2.75, 3.05) is 0 Å². The normalized spacial score (nSPS) is 10.7. The minimum absolute atomic E-state index is 0.300. The van der Waals surface area contributed by atoms with Crippen LogP contribution >= 0.6 is 0 Å². The van der Waals surface area contributed by atoms with E-state index in [1.807, 2.05) is 36.5 Å². The highest BCUT2D eigenvalue weighted by Crippen LogP contribution is 2.19. The second kappa shape index (κ2) is 4.00. The fourth-order valence-electron chi connectivity index (χ4n) is 1.93. The third-order valence-electron chi connectivity index (χ3n) is 2.84. The van der Waals surface area contributed by atoms with Crippen molar-refractivity contribution in [1.82, 2.24) is 9.78 Å². The summed E-state index contributed by atoms with van der Waals surface area (Å²) in [5.74, 6) is -0.909. The van der Waals surface area contributed by atoms with E-state index in [0.717, 1.165) is 16.5 Å². The molecule has 1 N–H and O–H groups in total. The third-order valence-corrected chi connectivity index (χ3v) is 2.84. The summed E-state index contributed by atoms with van der Waals surface area (Å²) < 4.78 is 1.77. The van der Waals surface area contributed by atoms with Crippen LogP contribution in [0.2, 0.25) is 0 Å². The van der Waals surface area contributed by atoms with Crippen molar-refractivity contribution in [3.05, 3.63) is 60.4 Å². The van der Waals surface area contributed by atoms with Crippen LogP contribution in [0.3, 0.4) is 0 Å². The molecular weight excluding hydrogens is 228 g/mol. The van der Waals surface area contributed by atoms with Gasteiger partial charge >= 0.3 is 5.97 Å². The first-order chi connectivity index (χ1) is 8.74. The highest BCUT2D eigenvalue weighted by Gasteiger charge is 2.04. The molecule has 1 aromatic heterocycles. The van der Waals surface area contributed by atoms with Crippen molar-refractivity contribution in [3.63, 3.8) is 0 Å². The molecule has 0 atom stereocenters. The molecule has 0 aliphatic rings. The Bertz CT molecular complexity index is 718. The van der Waals surface area contributed by atoms with E-state index in [1.165, 1.54) is 0 Å². The lowest BCUT2D eigenvalue weighted by Crippen LogP contribution is -1.96. The quantitative estimate of drug-likeness (QED) is 0.746. The molecule has 0 aliphatic carbocycles. The standard InChI is InChI=1S/C14H10N2O2/c17-14(18)12-3-2-11-9-13(5-4-10(11)8-12)16-7-1-6-15-16/h1-9H,(H,17,18). The zero-order valence-electron chi connectivity index (χ0n) is 9.45. The minimum atomic E-state index is -0.909. The van der Waals surface area contributed by atoms with Crippen LogP contribution in [0.5, 0.6) is 0 Å². The van der Waals surface area contributed by atoms with E-state index in [-0.39, 0.29) is 0 Å². The smallest absolute Gasteiger partial charge is 0.335 e. The number of carboxylic acids is 1. The Balaban J connectivity index is 2.14. The summed E-state index contributed by atoms with van der Waals surface area (Å²) in [7, 11) is 0. The van der Waals surface area contributed by atoms with Gasteiger partial charge in [-0.3, -0.25) is 0 Å². The fraction of sp³-hybridized carbons (Fsp3) is 0. The Hall–Kier alpha value is -2.62. The zero-order valence-corrected chi connectivity index (χ0v) is 9.45. The van der Waals surface area contributed by atoms with Crippen LogP contribution in [-0.4, -0.2) is 20.9 Å². The molecule has 1 heterocycles. The van der Waals surface area contributed by atoms with Gasteiger partial charge < -0.3 is 5.11 Å². The topological polar surface area (TPSA) is 55.1 Å². The minimum Gasteiger partial charge on any atom is -0.478 e. The summed E-state index contributed by atoms with van der Waals surface area (Å²) in [6, 6.07) is 12.7. The fourth-order valence-corrected chi connectivity index (χ4v) is 1.93. The average molecular weight is 238 g/mol. The molecule has 0 spiro atoms. The van der Waals surface area contributed by atoms with Crippen molar-refractivity contribution in [3.8, 4) is 5.69 Å². The van der Waals surface area contributed by atoms with E-state index in [4.69, 9.17) is 5.11 Å². The van der Waals surface area contributed by atoms with Crippen LogP contribution in [0.1, 0.15) is 10.4 Å². The maximum absolute atomic E-state index is 10.9. The lowest BCUT2D eigenvalue weighted by molar-refractivity contribution is 0.0697. The van der Waals surface area contributed by atoms with Gasteiger partial charge in [-0.2, -0.15) is 5.10 Å². The van der Waals surface area contributed by atoms with Gasteiger partial charge in [-0.15, -0.1) is 0 Å². The lowest BCUT2D eigenvalue weighted by atomic mass is 10.1. The number of aromatic carboxylic acids is 1. The van der Waals surface area contributed by atoms with Gasteiger partial charge in [0.15, 0.2) is 0 Å². The Morgan fingerprint density at radius 3 is 2.61 bits per heavy atom. The molecule has 0 bridgehead atoms. The van der Waals surface area contributed by atoms with Crippen molar-refractivity contribution < 1.29 is 9.90 Å². The van der Waals surface area contributed by atoms with Gasteiger partial charge in [0.05, 0.1) is 11.3 Å². The molecule has 4 nitrogen and oxygen atoms in total. The second-order valence-electron chi connectivity index (χ2n) is 4.00. The number of nitrogens with zero attached hydrogens (tertiary/aromatic N) is 2. The molecule has 3 rings (SSSR count).